The highest BCUT2D eigenvalue weighted by Gasteiger charge is 2.20. The van der Waals surface area contributed by atoms with Crippen molar-refractivity contribution in [2.45, 2.75) is 52.5 Å². The minimum atomic E-state index is 0.277. The van der Waals surface area contributed by atoms with E-state index in [1.54, 1.807) is 0 Å². The first-order valence-corrected chi connectivity index (χ1v) is 7.94. The molecule has 19 heavy (non-hydrogen) atoms. The second kappa shape index (κ2) is 9.32. The minimum Gasteiger partial charge on any atom is -0.342 e. The lowest BCUT2D eigenvalue weighted by molar-refractivity contribution is -0.132. The summed E-state index contributed by atoms with van der Waals surface area (Å²) in [4.78, 5) is 16.5. The Bertz CT molecular complexity index is 248. The van der Waals surface area contributed by atoms with Gasteiger partial charge in [-0.3, -0.25) is 9.69 Å². The molecule has 0 bridgehead atoms. The van der Waals surface area contributed by atoms with Crippen LogP contribution in [0.15, 0.2) is 0 Å². The van der Waals surface area contributed by atoms with Gasteiger partial charge in [-0.25, -0.2) is 0 Å². The molecule has 1 N–H and O–H groups in total. The van der Waals surface area contributed by atoms with Crippen molar-refractivity contribution < 1.29 is 4.79 Å². The van der Waals surface area contributed by atoms with Crippen LogP contribution in [0, 0.1) is 0 Å². The molecule has 0 aliphatic carbocycles. The zero-order valence-corrected chi connectivity index (χ0v) is 13.0. The van der Waals surface area contributed by atoms with Crippen molar-refractivity contribution >= 4 is 5.91 Å². The third kappa shape index (κ3) is 5.91. The number of likely N-dealkylation sites (N-methyl/N-ethyl adjacent to an activating group) is 1. The minimum absolute atomic E-state index is 0.277. The first-order chi connectivity index (χ1) is 9.21. The number of carbonyl (C=O) groups is 1. The predicted molar refractivity (Wildman–Crippen MR) is 80.3 cm³/mol. The summed E-state index contributed by atoms with van der Waals surface area (Å²) in [5.74, 6) is 0.277. The molecule has 0 aromatic rings. The van der Waals surface area contributed by atoms with Gasteiger partial charge in [0, 0.05) is 25.7 Å². The molecule has 0 radical (unpaired) electrons. The van der Waals surface area contributed by atoms with Gasteiger partial charge in [0.2, 0.25) is 5.91 Å². The fraction of sp³-hybridized carbons (Fsp3) is 0.933. The van der Waals surface area contributed by atoms with Crippen molar-refractivity contribution in [2.24, 2.45) is 0 Å². The maximum atomic E-state index is 12.2. The molecule has 0 aromatic heterocycles. The summed E-state index contributed by atoms with van der Waals surface area (Å²) < 4.78 is 0. The van der Waals surface area contributed by atoms with Gasteiger partial charge in [-0.15, -0.1) is 0 Å². The highest BCUT2D eigenvalue weighted by molar-refractivity contribution is 5.78. The lowest BCUT2D eigenvalue weighted by Gasteiger charge is -2.28. The molecule has 4 nitrogen and oxygen atoms in total. The Balaban J connectivity index is 2.44. The number of hydrogen-bond donors (Lipinski definition) is 1. The summed E-state index contributed by atoms with van der Waals surface area (Å²) in [5, 5.41) is 3.53. The first kappa shape index (κ1) is 16.4. The molecule has 1 unspecified atom stereocenters. The van der Waals surface area contributed by atoms with Crippen molar-refractivity contribution in [2.75, 3.05) is 39.3 Å². The number of unbranched alkanes of at least 4 members (excludes halogenated alkanes) is 1. The SMILES string of the molecule is CCCCN(CC(=O)N(CC)CC)CC1CCCN1. The van der Waals surface area contributed by atoms with Crippen molar-refractivity contribution in [1.29, 1.82) is 0 Å². The average Bonchev–Trinajstić information content (AvgIpc) is 2.90. The highest BCUT2D eigenvalue weighted by Crippen LogP contribution is 2.08. The maximum absolute atomic E-state index is 12.2. The van der Waals surface area contributed by atoms with Gasteiger partial charge in [0.25, 0.3) is 0 Å². The Labute approximate surface area is 118 Å². The van der Waals surface area contributed by atoms with Gasteiger partial charge in [0.15, 0.2) is 0 Å². The summed E-state index contributed by atoms with van der Waals surface area (Å²) in [6.07, 6.45) is 4.89. The second-order valence-corrected chi connectivity index (χ2v) is 5.45. The normalized spacial score (nSPS) is 19.1. The Hall–Kier alpha value is -0.610. The smallest absolute Gasteiger partial charge is 0.236 e. The van der Waals surface area contributed by atoms with Crippen molar-refractivity contribution in [3.8, 4) is 0 Å². The number of carbonyl (C=O) groups excluding carboxylic acids is 1. The third-order valence-corrected chi connectivity index (χ3v) is 3.94. The number of hydrogen-bond acceptors (Lipinski definition) is 3. The zero-order chi connectivity index (χ0) is 14.1. The highest BCUT2D eigenvalue weighted by atomic mass is 16.2. The van der Waals surface area contributed by atoms with Crippen LogP contribution in [0.3, 0.4) is 0 Å². The quantitative estimate of drug-likeness (QED) is 0.692. The molecule has 1 amide bonds. The summed E-state index contributed by atoms with van der Waals surface area (Å²) in [6, 6.07) is 0.585. The van der Waals surface area contributed by atoms with E-state index in [9.17, 15) is 4.79 Å². The zero-order valence-electron chi connectivity index (χ0n) is 13.0. The van der Waals surface area contributed by atoms with Crippen LogP contribution in [-0.4, -0.2) is 61.0 Å². The molecule has 1 fully saturated rings. The molecule has 0 spiro atoms. The van der Waals surface area contributed by atoms with E-state index in [4.69, 9.17) is 0 Å². The van der Waals surface area contributed by atoms with Crippen LogP contribution >= 0.6 is 0 Å². The number of nitrogens with zero attached hydrogens (tertiary/aromatic N) is 2. The first-order valence-electron chi connectivity index (χ1n) is 7.94. The second-order valence-electron chi connectivity index (χ2n) is 5.45. The van der Waals surface area contributed by atoms with Crippen LogP contribution in [0.5, 0.6) is 0 Å². The van der Waals surface area contributed by atoms with Crippen LogP contribution in [0.4, 0.5) is 0 Å². The molecule has 1 aliphatic heterocycles. The van der Waals surface area contributed by atoms with Crippen molar-refractivity contribution in [3.63, 3.8) is 0 Å². The topological polar surface area (TPSA) is 35.6 Å². The fourth-order valence-electron chi connectivity index (χ4n) is 2.71. The van der Waals surface area contributed by atoms with E-state index >= 15 is 0 Å². The van der Waals surface area contributed by atoms with Crippen LogP contribution < -0.4 is 5.32 Å². The molecule has 1 heterocycles. The van der Waals surface area contributed by atoms with E-state index in [2.05, 4.69) is 31.0 Å². The largest absolute Gasteiger partial charge is 0.342 e. The van der Waals surface area contributed by atoms with Crippen molar-refractivity contribution in [1.82, 2.24) is 15.1 Å². The molecule has 0 aromatic carbocycles. The summed E-state index contributed by atoms with van der Waals surface area (Å²) in [5.41, 5.74) is 0. The van der Waals surface area contributed by atoms with E-state index in [0.29, 0.717) is 12.6 Å². The lowest BCUT2D eigenvalue weighted by atomic mass is 10.2. The molecule has 1 aliphatic rings. The van der Waals surface area contributed by atoms with E-state index < -0.39 is 0 Å². The lowest BCUT2D eigenvalue weighted by Crippen LogP contribution is -2.45. The van der Waals surface area contributed by atoms with Gasteiger partial charge >= 0.3 is 0 Å². The molecule has 1 rings (SSSR count). The number of rotatable bonds is 9. The third-order valence-electron chi connectivity index (χ3n) is 3.94. The molecule has 0 saturated carbocycles. The monoisotopic (exact) mass is 269 g/mol. The summed E-state index contributed by atoms with van der Waals surface area (Å²) >= 11 is 0. The fourth-order valence-corrected chi connectivity index (χ4v) is 2.71. The molecular formula is C15H31N3O. The average molecular weight is 269 g/mol. The van der Waals surface area contributed by atoms with Crippen LogP contribution in [0.1, 0.15) is 46.5 Å². The number of amides is 1. The summed E-state index contributed by atoms with van der Waals surface area (Å²) in [6.45, 7) is 11.7. The van der Waals surface area contributed by atoms with Gasteiger partial charge in [-0.05, 0) is 46.2 Å². The van der Waals surface area contributed by atoms with Gasteiger partial charge in [0.1, 0.15) is 0 Å². The molecular weight excluding hydrogens is 238 g/mol. The Morgan fingerprint density at radius 1 is 1.26 bits per heavy atom. The number of nitrogens with one attached hydrogen (secondary N) is 1. The van der Waals surface area contributed by atoms with Crippen LogP contribution in [0.25, 0.3) is 0 Å². The molecule has 112 valence electrons. The van der Waals surface area contributed by atoms with Crippen LogP contribution in [-0.2, 0) is 4.79 Å². The molecule has 1 saturated heterocycles. The maximum Gasteiger partial charge on any atom is 0.236 e. The Kier molecular flexibility index (Phi) is 8.07. The Morgan fingerprint density at radius 2 is 2.00 bits per heavy atom. The summed E-state index contributed by atoms with van der Waals surface area (Å²) in [7, 11) is 0. The van der Waals surface area contributed by atoms with E-state index in [-0.39, 0.29) is 5.91 Å². The van der Waals surface area contributed by atoms with Gasteiger partial charge in [-0.2, -0.15) is 0 Å². The van der Waals surface area contributed by atoms with E-state index in [0.717, 1.165) is 32.7 Å². The van der Waals surface area contributed by atoms with E-state index in [1.165, 1.54) is 25.7 Å². The predicted octanol–water partition coefficient (Wildman–Crippen LogP) is 1.71. The van der Waals surface area contributed by atoms with Gasteiger partial charge in [-0.1, -0.05) is 13.3 Å². The van der Waals surface area contributed by atoms with Gasteiger partial charge in [0.05, 0.1) is 6.54 Å². The molecule has 4 heteroatoms. The molecule has 1 atom stereocenters. The van der Waals surface area contributed by atoms with Gasteiger partial charge < -0.3 is 10.2 Å². The van der Waals surface area contributed by atoms with E-state index in [1.807, 2.05) is 4.90 Å². The Morgan fingerprint density at radius 3 is 2.53 bits per heavy atom. The van der Waals surface area contributed by atoms with Crippen molar-refractivity contribution in [3.05, 3.63) is 0 Å². The van der Waals surface area contributed by atoms with Crippen LogP contribution in [0.2, 0.25) is 0 Å². The standard InChI is InChI=1S/C15H31N3O/c1-4-7-11-17(12-14-9-8-10-16-14)13-15(19)18(5-2)6-3/h14,16H,4-13H2,1-3H3.